The molecule has 0 spiro atoms. The molecule has 0 aliphatic carbocycles. The molecule has 0 N–H and O–H groups in total. The molecule has 4 heterocycles. The van der Waals surface area contributed by atoms with Gasteiger partial charge in [-0.2, -0.15) is 10.5 Å². The van der Waals surface area contributed by atoms with Gasteiger partial charge < -0.3 is 18.9 Å². The number of benzene rings is 13. The Morgan fingerprint density at radius 2 is 0.530 bits per heavy atom. The van der Waals surface area contributed by atoms with Gasteiger partial charge in [0.2, 0.25) is 0 Å². The molecule has 115 heavy (non-hydrogen) atoms. The number of fused-ring (bicyclic) bond motifs is 10. The van der Waals surface area contributed by atoms with E-state index >= 15 is 0 Å². The van der Waals surface area contributed by atoms with Gasteiger partial charge in [0, 0.05) is 77.9 Å². The molecule has 17 rings (SSSR count). The van der Waals surface area contributed by atoms with E-state index in [-0.39, 0.29) is 39.2 Å². The van der Waals surface area contributed by atoms with Crippen molar-refractivity contribution in [1.29, 1.82) is 10.5 Å². The Balaban J connectivity index is 1.12. The average Bonchev–Trinajstić information content (AvgIpc) is 1.49. The minimum absolute atomic E-state index is 0.219. The number of nitriles is 2. The van der Waals surface area contributed by atoms with Crippen molar-refractivity contribution >= 4 is 101 Å². The molecule has 6 nitrogen and oxygen atoms in total. The topological polar surface area (TPSA) is 63.9 Å². The molecule has 2 aliphatic heterocycles. The van der Waals surface area contributed by atoms with Gasteiger partial charge in [-0.05, 0) is 225 Å². The number of anilines is 6. The van der Waals surface area contributed by atoms with Crippen molar-refractivity contribution in [3.8, 4) is 68.0 Å². The molecule has 570 valence electrons. The zero-order chi connectivity index (χ0) is 81.3. The molecule has 13 aromatic carbocycles. The standard InChI is InChI=1S/C108H105BN6/c1-102(2,3)72-50-70(51-73(54-72)103(4,5)6)87-58-76(106(13,14)15)56-85(68-34-30-32-66(48-68)64-110)100(87)114-95-62-79(112-91-40-26-22-36-81(91)82-37-23-27-41-92(82)112)44-46-89(95)109-90-47-45-80(113-93-42-28-24-38-83(93)84-39-25-29-43-94(84)113)63-96(90)115(98-61-78(108(19,20)21)60-97(114)99(98)109)101-86(69-35-31-33-67(49-69)65-111)57-77(107(16,17)18)59-88(101)71-52-74(104(7,8)9)55-75(53-71)105(10,11)12/h22-63H,1-21H3. The Kier molecular flexibility index (Phi) is 17.7. The van der Waals surface area contributed by atoms with Crippen molar-refractivity contribution in [2.75, 3.05) is 9.80 Å². The summed E-state index contributed by atoms with van der Waals surface area (Å²) >= 11 is 0. The van der Waals surface area contributed by atoms with Crippen LogP contribution in [-0.4, -0.2) is 15.8 Å². The van der Waals surface area contributed by atoms with Crippen LogP contribution in [0.5, 0.6) is 0 Å². The molecule has 0 fully saturated rings. The number of nitrogens with zero attached hydrogens (tertiary/aromatic N) is 6. The Morgan fingerprint density at radius 3 is 0.826 bits per heavy atom. The molecule has 0 saturated carbocycles. The fraction of sp³-hybridized carbons (Fsp3) is 0.259. The monoisotopic (exact) mass is 1500 g/mol. The van der Waals surface area contributed by atoms with Crippen molar-refractivity contribution in [2.45, 2.75) is 183 Å². The maximum Gasteiger partial charge on any atom is 0.252 e. The average molecular weight is 1500 g/mol. The zero-order valence-corrected chi connectivity index (χ0v) is 71.0. The lowest BCUT2D eigenvalue weighted by atomic mass is 9.33. The number of hydrogen-bond acceptors (Lipinski definition) is 4. The predicted octanol–water partition coefficient (Wildman–Crippen LogP) is 27.5. The van der Waals surface area contributed by atoms with Crippen LogP contribution < -0.4 is 26.2 Å². The van der Waals surface area contributed by atoms with E-state index in [2.05, 4.69) is 419 Å². The van der Waals surface area contributed by atoms with Crippen molar-refractivity contribution in [2.24, 2.45) is 0 Å². The van der Waals surface area contributed by atoms with Crippen molar-refractivity contribution in [3.05, 3.63) is 305 Å². The van der Waals surface area contributed by atoms with E-state index < -0.39 is 5.41 Å². The van der Waals surface area contributed by atoms with Crippen molar-refractivity contribution in [3.63, 3.8) is 0 Å². The maximum absolute atomic E-state index is 11.1. The van der Waals surface area contributed by atoms with Gasteiger partial charge >= 0.3 is 0 Å². The van der Waals surface area contributed by atoms with Crippen LogP contribution in [-0.2, 0) is 37.9 Å². The van der Waals surface area contributed by atoms with Gasteiger partial charge in [0.1, 0.15) is 0 Å². The van der Waals surface area contributed by atoms with Gasteiger partial charge in [-0.1, -0.05) is 291 Å². The highest BCUT2D eigenvalue weighted by atomic mass is 15.2. The molecule has 0 amide bonds. The van der Waals surface area contributed by atoms with Crippen LogP contribution in [0.25, 0.3) is 99.5 Å². The molecule has 0 unspecified atom stereocenters. The fourth-order valence-electron chi connectivity index (χ4n) is 17.9. The third-order valence-electron chi connectivity index (χ3n) is 24.5. The second kappa shape index (κ2) is 26.9. The first-order chi connectivity index (χ1) is 54.3. The first-order valence-electron chi connectivity index (χ1n) is 41.1. The lowest BCUT2D eigenvalue weighted by Gasteiger charge is -2.47. The van der Waals surface area contributed by atoms with Crippen LogP contribution >= 0.6 is 0 Å². The minimum Gasteiger partial charge on any atom is -0.310 e. The quantitative estimate of drug-likeness (QED) is 0.142. The smallest absolute Gasteiger partial charge is 0.252 e. The first-order valence-corrected chi connectivity index (χ1v) is 41.1. The molecule has 0 atom stereocenters. The number of para-hydroxylation sites is 4. The summed E-state index contributed by atoms with van der Waals surface area (Å²) in [5.74, 6) is 0. The van der Waals surface area contributed by atoms with Crippen LogP contribution in [0.4, 0.5) is 34.1 Å². The third-order valence-corrected chi connectivity index (χ3v) is 24.5. The number of hydrogen-bond donors (Lipinski definition) is 0. The van der Waals surface area contributed by atoms with E-state index in [4.69, 9.17) is 0 Å². The molecule has 2 aromatic heterocycles. The molecular weight excluding hydrogens is 1390 g/mol. The summed E-state index contributed by atoms with van der Waals surface area (Å²) in [4.78, 5) is 5.40. The maximum atomic E-state index is 11.1. The molecule has 0 saturated heterocycles. The Labute approximate surface area is 682 Å². The van der Waals surface area contributed by atoms with Crippen molar-refractivity contribution in [1.82, 2.24) is 9.13 Å². The van der Waals surface area contributed by atoms with Gasteiger partial charge in [0.05, 0.1) is 56.7 Å². The van der Waals surface area contributed by atoms with E-state index in [1.54, 1.807) is 0 Å². The van der Waals surface area contributed by atoms with Gasteiger partial charge in [-0.25, -0.2) is 0 Å². The Morgan fingerprint density at radius 1 is 0.252 bits per heavy atom. The first kappa shape index (κ1) is 75.8. The summed E-state index contributed by atoms with van der Waals surface area (Å²) in [6, 6.07) is 102. The predicted molar refractivity (Wildman–Crippen MR) is 491 cm³/mol. The fourth-order valence-corrected chi connectivity index (χ4v) is 17.9. The highest BCUT2D eigenvalue weighted by molar-refractivity contribution is 7.00. The summed E-state index contributed by atoms with van der Waals surface area (Å²) in [6.07, 6.45) is 0. The summed E-state index contributed by atoms with van der Waals surface area (Å²) in [6.45, 7) is 49.0. The highest BCUT2D eigenvalue weighted by Crippen LogP contribution is 2.57. The second-order valence-corrected chi connectivity index (χ2v) is 39.8. The number of aromatic nitrogens is 2. The molecule has 0 radical (unpaired) electrons. The summed E-state index contributed by atoms with van der Waals surface area (Å²) < 4.78 is 4.97. The van der Waals surface area contributed by atoms with Crippen molar-refractivity contribution < 1.29 is 0 Å². The molecule has 7 heteroatoms. The van der Waals surface area contributed by atoms with Crippen LogP contribution in [0.15, 0.2) is 255 Å². The Bertz CT molecular complexity index is 6060. The van der Waals surface area contributed by atoms with E-state index in [1.165, 1.54) is 60.4 Å². The van der Waals surface area contributed by atoms with E-state index in [0.29, 0.717) is 11.1 Å². The van der Waals surface area contributed by atoms with Crippen LogP contribution in [0.3, 0.4) is 0 Å². The minimum atomic E-state index is -0.439. The summed E-state index contributed by atoms with van der Waals surface area (Å²) in [5, 5.41) is 27.0. The molecule has 15 aromatic rings. The van der Waals surface area contributed by atoms with E-state index in [9.17, 15) is 10.5 Å². The van der Waals surface area contributed by atoms with E-state index in [1.807, 2.05) is 12.1 Å². The van der Waals surface area contributed by atoms with Crippen LogP contribution in [0.1, 0.15) is 195 Å². The normalized spacial score (nSPS) is 13.4. The van der Waals surface area contributed by atoms with Gasteiger partial charge in [-0.15, -0.1) is 0 Å². The zero-order valence-electron chi connectivity index (χ0n) is 71.0. The summed E-state index contributed by atoms with van der Waals surface area (Å²) in [5.41, 5.74) is 32.6. The molecule has 2 aliphatic rings. The summed E-state index contributed by atoms with van der Waals surface area (Å²) in [7, 11) is 0. The highest BCUT2D eigenvalue weighted by Gasteiger charge is 2.47. The number of rotatable bonds is 8. The van der Waals surface area contributed by atoms with Gasteiger partial charge in [0.25, 0.3) is 6.71 Å². The SMILES string of the molecule is CC(C)(C)c1cc(-c2cc(C(C)(C)C)cc(-c3cccc(C#N)c3)c2N2c3cc(-n4c5ccccc5c5ccccc54)ccc3B3c4ccc(-n5c6ccccc6c6ccccc65)cc4N(c4c(-c5cccc(C#N)c5)cc(C(C)(C)C)cc4-c4cc(C(C)(C)C)cc(C(C)(C)C)c4)c4cc(C(C)(C)C)cc2c43)cc(C(C)(C)C)c1. The Hall–Kier alpha value is -11.9. The lowest BCUT2D eigenvalue weighted by molar-refractivity contribution is 0.568. The van der Waals surface area contributed by atoms with Crippen LogP contribution in [0, 0.1) is 22.7 Å². The molecule has 0 bridgehead atoms. The molecular formula is C108H105BN6. The van der Waals surface area contributed by atoms with Crippen LogP contribution in [0.2, 0.25) is 0 Å². The van der Waals surface area contributed by atoms with E-state index in [0.717, 1.165) is 129 Å². The van der Waals surface area contributed by atoms with Gasteiger partial charge in [0.15, 0.2) is 0 Å². The largest absolute Gasteiger partial charge is 0.310 e. The second-order valence-electron chi connectivity index (χ2n) is 39.8. The lowest BCUT2D eigenvalue weighted by Crippen LogP contribution is -2.61. The third kappa shape index (κ3) is 13.0. The van der Waals surface area contributed by atoms with Gasteiger partial charge in [-0.3, -0.25) is 0 Å².